The lowest BCUT2D eigenvalue weighted by atomic mass is 9.81. The first-order valence-corrected chi connectivity index (χ1v) is 17.4. The summed E-state index contributed by atoms with van der Waals surface area (Å²) < 4.78 is 6.33. The lowest BCUT2D eigenvalue weighted by Gasteiger charge is -2.33. The largest absolute Gasteiger partial charge is 0.456 e. The van der Waals surface area contributed by atoms with Gasteiger partial charge in [0.05, 0.1) is 5.69 Å². The molecule has 2 aliphatic carbocycles. The van der Waals surface area contributed by atoms with Crippen LogP contribution in [0.2, 0.25) is 0 Å². The molecule has 0 radical (unpaired) electrons. The Kier molecular flexibility index (Phi) is 7.35. The molecule has 1 heterocycles. The Morgan fingerprint density at radius 2 is 1.37 bits per heavy atom. The summed E-state index contributed by atoms with van der Waals surface area (Å²) in [6.45, 7) is 2.33. The van der Waals surface area contributed by atoms with Crippen LogP contribution >= 0.6 is 0 Å². The van der Waals surface area contributed by atoms with Crippen LogP contribution in [0.5, 0.6) is 0 Å². The van der Waals surface area contributed by atoms with E-state index in [9.17, 15) is 0 Å². The third-order valence-electron chi connectivity index (χ3n) is 10.3. The van der Waals surface area contributed by atoms with Crippen molar-refractivity contribution in [2.75, 3.05) is 4.90 Å². The van der Waals surface area contributed by atoms with Crippen LogP contribution in [0.4, 0.5) is 11.4 Å². The van der Waals surface area contributed by atoms with Gasteiger partial charge in [-0.15, -0.1) is 0 Å². The average Bonchev–Trinajstić information content (AvgIpc) is 3.55. The van der Waals surface area contributed by atoms with Gasteiger partial charge in [-0.1, -0.05) is 140 Å². The Balaban J connectivity index is 1.26. The van der Waals surface area contributed by atoms with Crippen LogP contribution < -0.4 is 15.3 Å². The fourth-order valence-electron chi connectivity index (χ4n) is 7.99. The van der Waals surface area contributed by atoms with Gasteiger partial charge in [-0.25, -0.2) is 0 Å². The van der Waals surface area contributed by atoms with Crippen LogP contribution in [-0.4, -0.2) is 0 Å². The maximum absolute atomic E-state index is 6.33. The monoisotopic (exact) mass is 631 g/mol. The maximum atomic E-state index is 6.33. The van der Waals surface area contributed by atoms with Crippen LogP contribution in [0, 0.1) is 5.92 Å². The topological polar surface area (TPSA) is 16.4 Å². The summed E-state index contributed by atoms with van der Waals surface area (Å²) in [6.07, 6.45) is 11.6. The van der Waals surface area contributed by atoms with Crippen molar-refractivity contribution in [1.82, 2.24) is 0 Å². The molecule has 0 saturated heterocycles. The highest BCUT2D eigenvalue weighted by Gasteiger charge is 2.27. The van der Waals surface area contributed by atoms with Crippen LogP contribution in [0.25, 0.3) is 44.7 Å². The molecule has 0 aliphatic heterocycles. The van der Waals surface area contributed by atoms with Crippen molar-refractivity contribution >= 4 is 45.0 Å². The minimum atomic E-state index is 0.172. The summed E-state index contributed by atoms with van der Waals surface area (Å²) in [7, 11) is 0. The highest BCUT2D eigenvalue weighted by atomic mass is 16.3. The molecular weight excluding hydrogens is 595 g/mol. The lowest BCUT2D eigenvalue weighted by molar-refractivity contribution is 0.631. The molecule has 6 aromatic carbocycles. The number of benzene rings is 6. The van der Waals surface area contributed by atoms with Gasteiger partial charge in [-0.3, -0.25) is 0 Å². The van der Waals surface area contributed by atoms with Crippen molar-refractivity contribution in [3.8, 4) is 11.1 Å². The molecule has 0 spiro atoms. The number of nitrogens with zero attached hydrogens (tertiary/aromatic N) is 1. The minimum absolute atomic E-state index is 0.172. The third-order valence-corrected chi connectivity index (χ3v) is 10.3. The van der Waals surface area contributed by atoms with E-state index < -0.39 is 0 Å². The zero-order chi connectivity index (χ0) is 32.7. The second kappa shape index (κ2) is 12.3. The van der Waals surface area contributed by atoms with Gasteiger partial charge < -0.3 is 9.32 Å². The summed E-state index contributed by atoms with van der Waals surface area (Å²) in [5.74, 6) is 0.491. The van der Waals surface area contributed by atoms with Crippen molar-refractivity contribution in [2.24, 2.45) is 5.92 Å². The van der Waals surface area contributed by atoms with Crippen LogP contribution in [0.3, 0.4) is 0 Å². The number of anilines is 2. The normalized spacial score (nSPS) is 17.1. The van der Waals surface area contributed by atoms with Gasteiger partial charge in [-0.05, 0) is 87.9 Å². The highest BCUT2D eigenvalue weighted by molar-refractivity contribution is 6.07. The number of hydrogen-bond acceptors (Lipinski definition) is 2. The molecule has 0 amide bonds. The van der Waals surface area contributed by atoms with E-state index in [2.05, 4.69) is 176 Å². The van der Waals surface area contributed by atoms with E-state index in [1.807, 2.05) is 6.07 Å². The quantitative estimate of drug-likeness (QED) is 0.182. The smallest absolute Gasteiger partial charge is 0.135 e. The Labute approximate surface area is 287 Å². The second-order valence-corrected chi connectivity index (χ2v) is 13.2. The van der Waals surface area contributed by atoms with Gasteiger partial charge in [0, 0.05) is 33.6 Å². The van der Waals surface area contributed by atoms with Gasteiger partial charge >= 0.3 is 0 Å². The van der Waals surface area contributed by atoms with Gasteiger partial charge in [0.1, 0.15) is 11.2 Å². The number of rotatable bonds is 6. The number of allylic oxidation sites excluding steroid dienone is 3. The Morgan fingerprint density at radius 3 is 2.24 bits per heavy atom. The number of furan rings is 1. The van der Waals surface area contributed by atoms with Crippen molar-refractivity contribution in [3.63, 3.8) is 0 Å². The number of fused-ring (bicyclic) bond motifs is 4. The maximum Gasteiger partial charge on any atom is 0.135 e. The molecule has 2 atom stereocenters. The van der Waals surface area contributed by atoms with Gasteiger partial charge in [-0.2, -0.15) is 0 Å². The zero-order valence-corrected chi connectivity index (χ0v) is 27.6. The van der Waals surface area contributed by atoms with Crippen molar-refractivity contribution in [3.05, 3.63) is 191 Å². The molecule has 236 valence electrons. The summed E-state index contributed by atoms with van der Waals surface area (Å²) in [6, 6.07) is 52.3. The molecule has 0 N–H and O–H groups in total. The van der Waals surface area contributed by atoms with E-state index in [-0.39, 0.29) is 5.92 Å². The minimum Gasteiger partial charge on any atom is -0.456 e. The molecule has 0 saturated carbocycles. The Morgan fingerprint density at radius 1 is 0.653 bits per heavy atom. The van der Waals surface area contributed by atoms with Gasteiger partial charge in [0.15, 0.2) is 0 Å². The van der Waals surface area contributed by atoms with Crippen molar-refractivity contribution < 1.29 is 4.42 Å². The SMILES string of the molecule is CC1C=CC(N(c2ccccc2)c2ccccc2C2=c3c(-c4ccccc4)cccc3=CCC2)=CC1c1cccc2oc3ccccc3c12. The van der Waals surface area contributed by atoms with Crippen LogP contribution in [-0.2, 0) is 0 Å². The number of hydrogen-bond donors (Lipinski definition) is 0. The molecule has 0 bridgehead atoms. The van der Waals surface area contributed by atoms with Crippen LogP contribution in [0.1, 0.15) is 36.8 Å². The molecule has 2 unspecified atom stereocenters. The number of para-hydroxylation sites is 3. The molecule has 9 rings (SSSR count). The Bertz CT molecular complexity index is 2520. The molecule has 0 fully saturated rings. The standard InChI is InChI=1S/C47H37NO/c1-32-29-30-36(31-42(32)40-25-14-28-45-47(40)41-22-9-11-27-44(41)49-45)48(35-19-6-3-7-20-35)43-26-10-8-21-38(43)39-24-13-18-34-17-12-23-37(46(34)39)33-15-4-2-5-16-33/h2-12,14-23,25-32,42H,13,24H2,1H3. The second-order valence-electron chi connectivity index (χ2n) is 13.2. The van der Waals surface area contributed by atoms with E-state index in [0.717, 1.165) is 29.7 Å². The lowest BCUT2D eigenvalue weighted by Crippen LogP contribution is -2.32. The van der Waals surface area contributed by atoms with Gasteiger partial charge in [0.25, 0.3) is 0 Å². The fraction of sp³-hybridized carbons (Fsp3) is 0.106. The van der Waals surface area contributed by atoms with Crippen molar-refractivity contribution in [1.29, 1.82) is 0 Å². The molecule has 2 heteroatoms. The molecule has 2 nitrogen and oxygen atoms in total. The first-order chi connectivity index (χ1) is 24.2. The summed E-state index contributed by atoms with van der Waals surface area (Å²) in [4.78, 5) is 2.47. The van der Waals surface area contributed by atoms with E-state index in [4.69, 9.17) is 4.42 Å². The van der Waals surface area contributed by atoms with E-state index in [1.54, 1.807) is 0 Å². The first kappa shape index (κ1) is 29.3. The summed E-state index contributed by atoms with van der Waals surface area (Å²) in [5.41, 5.74) is 11.9. The zero-order valence-electron chi connectivity index (χ0n) is 27.6. The average molecular weight is 632 g/mol. The summed E-state index contributed by atoms with van der Waals surface area (Å²) in [5, 5.41) is 5.05. The Hall–Kier alpha value is -5.86. The molecule has 1 aromatic heterocycles. The highest BCUT2D eigenvalue weighted by Crippen LogP contribution is 2.44. The fourth-order valence-corrected chi connectivity index (χ4v) is 7.99. The predicted octanol–water partition coefficient (Wildman–Crippen LogP) is 11.0. The molecule has 2 aliphatic rings. The first-order valence-electron chi connectivity index (χ1n) is 17.4. The van der Waals surface area contributed by atoms with E-state index >= 15 is 0 Å². The molecule has 7 aromatic rings. The van der Waals surface area contributed by atoms with Crippen LogP contribution in [0.15, 0.2) is 174 Å². The van der Waals surface area contributed by atoms with Gasteiger partial charge in [0.2, 0.25) is 0 Å². The predicted molar refractivity (Wildman–Crippen MR) is 205 cm³/mol. The molecular formula is C47H37NO. The summed E-state index contributed by atoms with van der Waals surface area (Å²) >= 11 is 0. The third kappa shape index (κ3) is 5.12. The van der Waals surface area contributed by atoms with E-state index in [0.29, 0.717) is 5.92 Å². The molecule has 49 heavy (non-hydrogen) atoms. The van der Waals surface area contributed by atoms with E-state index in [1.165, 1.54) is 60.4 Å². The van der Waals surface area contributed by atoms with Crippen molar-refractivity contribution in [2.45, 2.75) is 25.7 Å².